The van der Waals surface area contributed by atoms with E-state index in [0.717, 1.165) is 38.2 Å². The Morgan fingerprint density at radius 1 is 1.31 bits per heavy atom. The average molecular weight is 402 g/mol. The van der Waals surface area contributed by atoms with Gasteiger partial charge in [0, 0.05) is 31.2 Å². The third-order valence-corrected chi connectivity index (χ3v) is 6.60. The number of ether oxygens (including phenoxy) is 1. The van der Waals surface area contributed by atoms with Crippen LogP contribution >= 0.6 is 0 Å². The molecule has 2 heterocycles. The van der Waals surface area contributed by atoms with Crippen LogP contribution in [0.1, 0.15) is 48.5 Å². The molecule has 29 heavy (non-hydrogen) atoms. The Morgan fingerprint density at radius 2 is 2.03 bits per heavy atom. The Morgan fingerprint density at radius 3 is 2.62 bits per heavy atom. The van der Waals surface area contributed by atoms with E-state index < -0.39 is 22.8 Å². The van der Waals surface area contributed by atoms with Gasteiger partial charge in [-0.1, -0.05) is 0 Å². The summed E-state index contributed by atoms with van der Waals surface area (Å²) < 4.78 is 22.6. The minimum Gasteiger partial charge on any atom is -0.492 e. The van der Waals surface area contributed by atoms with Crippen molar-refractivity contribution in [3.05, 3.63) is 33.9 Å². The minimum atomic E-state index is -1.32. The molecule has 1 saturated heterocycles. The number of aliphatic hydroxyl groups is 1. The van der Waals surface area contributed by atoms with E-state index in [1.165, 1.54) is 13.3 Å². The second-order valence-electron chi connectivity index (χ2n) is 8.49. The molecule has 2 saturated carbocycles. The maximum absolute atomic E-state index is 15.2. The van der Waals surface area contributed by atoms with Gasteiger partial charge in [0.25, 0.3) is 0 Å². The van der Waals surface area contributed by atoms with Gasteiger partial charge in [-0.05, 0) is 38.2 Å². The van der Waals surface area contributed by atoms with Gasteiger partial charge in [-0.15, -0.1) is 0 Å². The molecule has 1 atom stereocenters. The fraction of sp³-hybridized carbons (Fsp3) is 0.524. The molecule has 0 spiro atoms. The third-order valence-electron chi connectivity index (χ3n) is 6.60. The zero-order valence-corrected chi connectivity index (χ0v) is 16.2. The number of aromatic nitrogens is 1. The quantitative estimate of drug-likeness (QED) is 0.799. The molecule has 2 aromatic rings. The van der Waals surface area contributed by atoms with Crippen LogP contribution < -0.4 is 15.1 Å². The summed E-state index contributed by atoms with van der Waals surface area (Å²) in [5.74, 6) is -1.60. The van der Waals surface area contributed by atoms with Crippen molar-refractivity contribution in [2.75, 3.05) is 25.1 Å². The Labute approximate surface area is 166 Å². The van der Waals surface area contributed by atoms with Crippen molar-refractivity contribution in [1.82, 2.24) is 4.57 Å². The van der Waals surface area contributed by atoms with Gasteiger partial charge in [0.05, 0.1) is 23.6 Å². The maximum atomic E-state index is 15.2. The first-order chi connectivity index (χ1) is 13.8. The molecule has 1 unspecified atom stereocenters. The smallest absolute Gasteiger partial charge is 0.341 e. The molecule has 3 fully saturated rings. The monoisotopic (exact) mass is 402 g/mol. The maximum Gasteiger partial charge on any atom is 0.341 e. The summed E-state index contributed by atoms with van der Waals surface area (Å²) >= 11 is 0. The highest BCUT2D eigenvalue weighted by Gasteiger charge is 2.50. The van der Waals surface area contributed by atoms with E-state index in [1.807, 2.05) is 4.90 Å². The number of methoxy groups -OCH3 is 1. The van der Waals surface area contributed by atoms with Gasteiger partial charge < -0.3 is 24.4 Å². The predicted octanol–water partition coefficient (Wildman–Crippen LogP) is 2.53. The minimum absolute atomic E-state index is 0.0199. The SMILES string of the molecule is COc1c(N2CCC(C3(O)CC3)C2)c(F)cc2c(=O)c(C(=O)O)cn(C3CC3)c12. The molecule has 7 nitrogen and oxygen atoms in total. The molecule has 0 amide bonds. The molecule has 1 aromatic carbocycles. The number of hydrogen-bond acceptors (Lipinski definition) is 5. The van der Waals surface area contributed by atoms with Crippen LogP contribution in [-0.4, -0.2) is 46.5 Å². The molecule has 1 aromatic heterocycles. The Balaban J connectivity index is 1.71. The number of carboxylic acids is 1. The summed E-state index contributed by atoms with van der Waals surface area (Å²) in [7, 11) is 1.44. The van der Waals surface area contributed by atoms with Crippen LogP contribution in [0.2, 0.25) is 0 Å². The van der Waals surface area contributed by atoms with Crippen LogP contribution in [0.3, 0.4) is 0 Å². The lowest BCUT2D eigenvalue weighted by Gasteiger charge is -2.25. The van der Waals surface area contributed by atoms with E-state index in [2.05, 4.69) is 0 Å². The zero-order chi connectivity index (χ0) is 20.5. The second kappa shape index (κ2) is 6.19. The third kappa shape index (κ3) is 2.80. The van der Waals surface area contributed by atoms with E-state index in [0.29, 0.717) is 18.6 Å². The van der Waals surface area contributed by atoms with Crippen molar-refractivity contribution in [1.29, 1.82) is 0 Å². The van der Waals surface area contributed by atoms with E-state index in [-0.39, 0.29) is 34.3 Å². The van der Waals surface area contributed by atoms with Crippen molar-refractivity contribution in [2.24, 2.45) is 5.92 Å². The van der Waals surface area contributed by atoms with Crippen molar-refractivity contribution < 1.29 is 24.1 Å². The first kappa shape index (κ1) is 18.4. The Kier molecular flexibility index (Phi) is 3.93. The largest absolute Gasteiger partial charge is 0.492 e. The first-order valence-corrected chi connectivity index (χ1v) is 10.00. The second-order valence-corrected chi connectivity index (χ2v) is 8.49. The molecule has 2 aliphatic carbocycles. The van der Waals surface area contributed by atoms with E-state index in [4.69, 9.17) is 4.74 Å². The number of nitrogens with zero attached hydrogens (tertiary/aromatic N) is 2. The fourth-order valence-corrected chi connectivity index (χ4v) is 4.66. The van der Waals surface area contributed by atoms with Gasteiger partial charge in [-0.2, -0.15) is 0 Å². The molecule has 5 rings (SSSR count). The van der Waals surface area contributed by atoms with Crippen LogP contribution in [0.15, 0.2) is 17.1 Å². The van der Waals surface area contributed by atoms with Gasteiger partial charge >= 0.3 is 5.97 Å². The lowest BCUT2D eigenvalue weighted by Crippen LogP contribution is -2.28. The van der Waals surface area contributed by atoms with Gasteiger partial charge in [0.1, 0.15) is 11.3 Å². The predicted molar refractivity (Wildman–Crippen MR) is 104 cm³/mol. The van der Waals surface area contributed by atoms with Crippen molar-refractivity contribution >= 4 is 22.6 Å². The number of rotatable bonds is 5. The summed E-state index contributed by atoms with van der Waals surface area (Å²) in [6.07, 6.45) is 5.42. The van der Waals surface area contributed by atoms with Crippen molar-refractivity contribution in [2.45, 2.75) is 43.7 Å². The van der Waals surface area contributed by atoms with E-state index >= 15 is 4.39 Å². The fourth-order valence-electron chi connectivity index (χ4n) is 4.66. The molecule has 8 heteroatoms. The van der Waals surface area contributed by atoms with Gasteiger partial charge in [-0.3, -0.25) is 4.79 Å². The van der Waals surface area contributed by atoms with Gasteiger partial charge in [-0.25, -0.2) is 9.18 Å². The number of fused-ring (bicyclic) bond motifs is 1. The summed E-state index contributed by atoms with van der Waals surface area (Å²) in [4.78, 5) is 26.2. The summed E-state index contributed by atoms with van der Waals surface area (Å²) in [5.41, 5.74) is -0.990. The molecular formula is C21H23FN2O5. The van der Waals surface area contributed by atoms with Crippen LogP contribution in [0, 0.1) is 11.7 Å². The van der Waals surface area contributed by atoms with Crippen LogP contribution in [0.5, 0.6) is 5.75 Å². The number of aromatic carboxylic acids is 1. The number of carboxylic acid groups (broad SMARTS) is 1. The lowest BCUT2D eigenvalue weighted by molar-refractivity contribution is 0.0694. The topological polar surface area (TPSA) is 92.0 Å². The normalized spacial score (nSPS) is 22.9. The van der Waals surface area contributed by atoms with Gasteiger partial charge in [0.2, 0.25) is 5.43 Å². The van der Waals surface area contributed by atoms with Gasteiger partial charge in [0.15, 0.2) is 11.6 Å². The molecule has 154 valence electrons. The molecular weight excluding hydrogens is 379 g/mol. The number of carbonyl (C=O) groups is 1. The van der Waals surface area contributed by atoms with E-state index in [9.17, 15) is 19.8 Å². The number of halogens is 1. The van der Waals surface area contributed by atoms with Crippen LogP contribution in [0.4, 0.5) is 10.1 Å². The Bertz CT molecular complexity index is 1090. The molecule has 2 N–H and O–H groups in total. The highest BCUT2D eigenvalue weighted by molar-refractivity contribution is 5.97. The summed E-state index contributed by atoms with van der Waals surface area (Å²) in [5, 5.41) is 19.9. The van der Waals surface area contributed by atoms with Crippen molar-refractivity contribution in [3.8, 4) is 5.75 Å². The zero-order valence-electron chi connectivity index (χ0n) is 16.2. The summed E-state index contributed by atoms with van der Waals surface area (Å²) in [6, 6.07) is 1.21. The standard InChI is InChI=1S/C21H23FN2O5/c1-29-19-16-13(18(25)14(20(26)27)10-24(16)12-2-3-12)8-15(22)17(19)23-7-4-11(9-23)21(28)5-6-21/h8,10-12,28H,2-7,9H2,1H3,(H,26,27). The average Bonchev–Trinajstić information content (AvgIpc) is 3.61. The highest BCUT2D eigenvalue weighted by Crippen LogP contribution is 2.49. The highest BCUT2D eigenvalue weighted by atomic mass is 19.1. The Hall–Kier alpha value is -2.61. The van der Waals surface area contributed by atoms with Crippen molar-refractivity contribution in [3.63, 3.8) is 0 Å². The molecule has 0 bridgehead atoms. The molecule has 0 radical (unpaired) electrons. The molecule has 1 aliphatic heterocycles. The molecule has 3 aliphatic rings. The number of anilines is 1. The van der Waals surface area contributed by atoms with E-state index in [1.54, 1.807) is 4.57 Å². The number of pyridine rings is 1. The summed E-state index contributed by atoms with van der Waals surface area (Å²) in [6.45, 7) is 1.11. The van der Waals surface area contributed by atoms with Crippen LogP contribution in [-0.2, 0) is 0 Å². The lowest BCUT2D eigenvalue weighted by atomic mass is 10.00. The number of benzene rings is 1. The van der Waals surface area contributed by atoms with Crippen LogP contribution in [0.25, 0.3) is 10.9 Å². The first-order valence-electron chi connectivity index (χ1n) is 10.00. The number of hydrogen-bond donors (Lipinski definition) is 2.